The first-order valence-electron chi connectivity index (χ1n) is 11.8. The molecule has 196 valence electrons. The molecule has 0 unspecified atom stereocenters. The van der Waals surface area contributed by atoms with Crippen molar-refractivity contribution in [2.75, 3.05) is 26.2 Å². The molecule has 1 saturated heterocycles. The number of nitrogens with zero attached hydrogens (tertiary/aromatic N) is 5. The molecule has 4 rings (SSSR count). The Balaban J connectivity index is 1.48. The number of thiol groups is 1. The molecule has 1 aliphatic rings. The largest absolute Gasteiger partial charge is 0.481 e. The molecule has 2 aromatic heterocycles. The van der Waals surface area contributed by atoms with Crippen molar-refractivity contribution < 1.29 is 23.9 Å². The molecular weight excluding hydrogens is 498 g/mol. The molecule has 1 aromatic carbocycles. The average molecular weight is 528 g/mol. The number of ether oxygens (including phenoxy) is 2. The van der Waals surface area contributed by atoms with Crippen LogP contribution >= 0.6 is 12.6 Å². The monoisotopic (exact) mass is 527 g/mol. The third kappa shape index (κ3) is 6.13. The highest BCUT2D eigenvalue weighted by molar-refractivity contribution is 7.97. The van der Waals surface area contributed by atoms with Gasteiger partial charge >= 0.3 is 11.7 Å². The fourth-order valence-electron chi connectivity index (χ4n) is 3.90. The number of carbonyl (C=O) groups is 3. The number of amides is 2. The van der Waals surface area contributed by atoms with Crippen LogP contribution < -0.4 is 10.3 Å². The normalized spacial score (nSPS) is 14.1. The molecule has 12 heteroatoms. The lowest BCUT2D eigenvalue weighted by molar-refractivity contribution is -0.133. The van der Waals surface area contributed by atoms with E-state index in [1.807, 2.05) is 30.3 Å². The highest BCUT2D eigenvalue weighted by Gasteiger charge is 2.28. The summed E-state index contributed by atoms with van der Waals surface area (Å²) in [6.07, 6.45) is 2.61. The van der Waals surface area contributed by atoms with Gasteiger partial charge in [0.15, 0.2) is 5.69 Å². The van der Waals surface area contributed by atoms with Gasteiger partial charge in [0.25, 0.3) is 0 Å². The van der Waals surface area contributed by atoms with Crippen LogP contribution in [0, 0.1) is 0 Å². The van der Waals surface area contributed by atoms with Gasteiger partial charge in [-0.2, -0.15) is 0 Å². The van der Waals surface area contributed by atoms with Crippen LogP contribution in [0.5, 0.6) is 5.75 Å². The van der Waals surface area contributed by atoms with Crippen LogP contribution in [-0.2, 0) is 22.7 Å². The first kappa shape index (κ1) is 26.3. The number of hydrogen-bond donors (Lipinski definition) is 1. The van der Waals surface area contributed by atoms with Gasteiger partial charge < -0.3 is 23.8 Å². The van der Waals surface area contributed by atoms with Crippen LogP contribution in [-0.4, -0.2) is 72.6 Å². The molecule has 1 aliphatic heterocycles. The van der Waals surface area contributed by atoms with Crippen molar-refractivity contribution in [1.82, 2.24) is 23.8 Å². The van der Waals surface area contributed by atoms with Crippen molar-refractivity contribution in [3.63, 3.8) is 0 Å². The summed E-state index contributed by atoms with van der Waals surface area (Å²) in [6, 6.07) is 9.21. The molecule has 3 aromatic rings. The minimum atomic E-state index is -0.722. The standard InChI is InChI=1S/C25H29N5O6S/c1-25(2,3)36-24(34)28-11-9-27(10-12-28)18(31)15-29-13-14-30-21(32)20(19(22(33)37)26-23(29)30)35-16-17-7-5-4-6-8-17/h4-8,13-14H,9-12,15-16H2,1-3H3,(H,33,37). The molecule has 0 bridgehead atoms. The lowest BCUT2D eigenvalue weighted by atomic mass is 10.2. The zero-order valence-corrected chi connectivity index (χ0v) is 21.8. The van der Waals surface area contributed by atoms with Gasteiger partial charge in [-0.15, -0.1) is 0 Å². The molecule has 11 nitrogen and oxygen atoms in total. The fraction of sp³-hybridized carbons (Fsp3) is 0.400. The summed E-state index contributed by atoms with van der Waals surface area (Å²) in [5, 5.41) is -0.722. The Morgan fingerprint density at radius 2 is 1.65 bits per heavy atom. The molecule has 37 heavy (non-hydrogen) atoms. The summed E-state index contributed by atoms with van der Waals surface area (Å²) in [6.45, 7) is 6.79. The smallest absolute Gasteiger partial charge is 0.410 e. The molecular formula is C25H29N5O6S. The fourth-order valence-corrected chi connectivity index (χ4v) is 4.05. The average Bonchev–Trinajstić information content (AvgIpc) is 3.25. The summed E-state index contributed by atoms with van der Waals surface area (Å²) < 4.78 is 13.8. The molecule has 1 fully saturated rings. The quantitative estimate of drug-likeness (QED) is 0.489. The van der Waals surface area contributed by atoms with E-state index in [-0.39, 0.29) is 36.3 Å². The molecule has 0 atom stereocenters. The van der Waals surface area contributed by atoms with Crippen LogP contribution in [0.4, 0.5) is 4.79 Å². The lowest BCUT2D eigenvalue weighted by Crippen LogP contribution is -2.52. The third-order valence-corrected chi connectivity index (χ3v) is 5.94. The predicted octanol–water partition coefficient (Wildman–Crippen LogP) is 2.22. The van der Waals surface area contributed by atoms with Crippen LogP contribution in [0.3, 0.4) is 0 Å². The summed E-state index contributed by atoms with van der Waals surface area (Å²) in [7, 11) is 0. The third-order valence-electron chi connectivity index (χ3n) is 5.73. The Kier molecular flexibility index (Phi) is 7.58. The van der Waals surface area contributed by atoms with Gasteiger partial charge in [0.2, 0.25) is 22.5 Å². The number of piperazine rings is 1. The second-order valence-electron chi connectivity index (χ2n) is 9.62. The van der Waals surface area contributed by atoms with E-state index in [1.54, 1.807) is 36.8 Å². The summed E-state index contributed by atoms with van der Waals surface area (Å²) in [5.74, 6) is -0.293. The Morgan fingerprint density at radius 1 is 1.00 bits per heavy atom. The van der Waals surface area contributed by atoms with E-state index in [4.69, 9.17) is 9.47 Å². The van der Waals surface area contributed by atoms with E-state index in [2.05, 4.69) is 17.6 Å². The van der Waals surface area contributed by atoms with E-state index in [0.717, 1.165) is 5.56 Å². The number of rotatable bonds is 6. The number of benzene rings is 1. The number of imidazole rings is 1. The minimum absolute atomic E-state index is 0.0757. The molecule has 3 heterocycles. The molecule has 0 saturated carbocycles. The minimum Gasteiger partial charge on any atom is -0.481 e. The van der Waals surface area contributed by atoms with Gasteiger partial charge in [0.1, 0.15) is 18.8 Å². The predicted molar refractivity (Wildman–Crippen MR) is 138 cm³/mol. The summed E-state index contributed by atoms with van der Waals surface area (Å²) in [5.41, 5.74) is -0.567. The zero-order valence-electron chi connectivity index (χ0n) is 20.9. The number of carbonyl (C=O) groups excluding carboxylic acids is 3. The number of fused-ring (bicyclic) bond motifs is 1. The maximum Gasteiger partial charge on any atom is 0.410 e. The van der Waals surface area contributed by atoms with Crippen molar-refractivity contribution >= 4 is 35.5 Å². The highest BCUT2D eigenvalue weighted by atomic mass is 32.1. The van der Waals surface area contributed by atoms with Gasteiger partial charge in [-0.1, -0.05) is 43.0 Å². The first-order valence-corrected chi connectivity index (χ1v) is 12.3. The highest BCUT2D eigenvalue weighted by Crippen LogP contribution is 2.18. The Hall–Kier alpha value is -3.80. The van der Waals surface area contributed by atoms with Crippen LogP contribution in [0.25, 0.3) is 5.78 Å². The van der Waals surface area contributed by atoms with Crippen molar-refractivity contribution in [3.05, 3.63) is 64.3 Å². The molecule has 2 amide bonds. The zero-order chi connectivity index (χ0) is 26.7. The Bertz CT molecular complexity index is 1370. The Morgan fingerprint density at radius 3 is 2.27 bits per heavy atom. The van der Waals surface area contributed by atoms with Gasteiger partial charge in [-0.25, -0.2) is 14.2 Å². The van der Waals surface area contributed by atoms with Crippen LogP contribution in [0.15, 0.2) is 47.5 Å². The van der Waals surface area contributed by atoms with Crippen LogP contribution in [0.2, 0.25) is 0 Å². The molecule has 0 aliphatic carbocycles. The lowest BCUT2D eigenvalue weighted by Gasteiger charge is -2.35. The summed E-state index contributed by atoms with van der Waals surface area (Å²) in [4.78, 5) is 58.1. The Labute approximate surface area is 219 Å². The second kappa shape index (κ2) is 10.7. The second-order valence-corrected chi connectivity index (χ2v) is 10.0. The van der Waals surface area contributed by atoms with Crippen molar-refractivity contribution in [3.8, 4) is 5.75 Å². The maximum atomic E-state index is 13.1. The number of aromatic nitrogens is 3. The van der Waals surface area contributed by atoms with E-state index < -0.39 is 22.4 Å². The number of hydrogen-bond acceptors (Lipinski definition) is 7. The van der Waals surface area contributed by atoms with E-state index >= 15 is 0 Å². The van der Waals surface area contributed by atoms with Crippen molar-refractivity contribution in [2.24, 2.45) is 0 Å². The molecule has 0 N–H and O–H groups in total. The maximum absolute atomic E-state index is 13.1. The molecule has 0 spiro atoms. The van der Waals surface area contributed by atoms with Gasteiger partial charge in [-0.3, -0.25) is 14.4 Å². The van der Waals surface area contributed by atoms with Crippen LogP contribution in [0.1, 0.15) is 36.8 Å². The van der Waals surface area contributed by atoms with E-state index in [0.29, 0.717) is 26.2 Å². The van der Waals surface area contributed by atoms with E-state index in [9.17, 15) is 19.2 Å². The van der Waals surface area contributed by atoms with Crippen molar-refractivity contribution in [2.45, 2.75) is 39.5 Å². The van der Waals surface area contributed by atoms with Gasteiger partial charge in [0, 0.05) is 38.6 Å². The first-order chi connectivity index (χ1) is 17.5. The molecule has 0 radical (unpaired) electrons. The van der Waals surface area contributed by atoms with Crippen molar-refractivity contribution in [1.29, 1.82) is 0 Å². The summed E-state index contributed by atoms with van der Waals surface area (Å²) >= 11 is 3.87. The van der Waals surface area contributed by atoms with E-state index in [1.165, 1.54) is 15.2 Å². The topological polar surface area (TPSA) is 115 Å². The SMILES string of the molecule is CC(C)(C)OC(=O)N1CCN(C(=O)Cn2ccn3c(=O)c(OCc4ccccc4)c(C(=O)S)nc23)CC1. The van der Waals surface area contributed by atoms with Gasteiger partial charge in [-0.05, 0) is 26.3 Å². The van der Waals surface area contributed by atoms with Gasteiger partial charge in [0.05, 0.1) is 0 Å².